The molecule has 0 radical (unpaired) electrons. The first-order chi connectivity index (χ1) is 22.5. The Morgan fingerprint density at radius 2 is 1.89 bits per heavy atom. The lowest BCUT2D eigenvalue weighted by atomic mass is 9.81. The van der Waals surface area contributed by atoms with Crippen LogP contribution < -0.4 is 19.7 Å². The van der Waals surface area contributed by atoms with Crippen LogP contribution in [0.3, 0.4) is 0 Å². The van der Waals surface area contributed by atoms with Crippen molar-refractivity contribution < 1.29 is 23.4 Å². The zero-order chi connectivity index (χ0) is 34.5. The van der Waals surface area contributed by atoms with Gasteiger partial charge < -0.3 is 19.1 Å². The third kappa shape index (κ3) is 7.71. The van der Waals surface area contributed by atoms with Crippen LogP contribution in [-0.4, -0.2) is 46.4 Å². The lowest BCUT2D eigenvalue weighted by molar-refractivity contribution is 0.0635. The van der Waals surface area contributed by atoms with Gasteiger partial charge >= 0.3 is 12.1 Å². The van der Waals surface area contributed by atoms with Crippen LogP contribution in [0, 0.1) is 17.2 Å². The van der Waals surface area contributed by atoms with Crippen molar-refractivity contribution in [1.82, 2.24) is 15.0 Å². The quantitative estimate of drug-likeness (QED) is 0.250. The molecular formula is C35H48BrClFN5O4. The second-order valence-corrected chi connectivity index (χ2v) is 13.9. The maximum atomic E-state index is 15.8. The van der Waals surface area contributed by atoms with Crippen LogP contribution in [0.15, 0.2) is 22.8 Å². The van der Waals surface area contributed by atoms with E-state index in [1.54, 1.807) is 33.0 Å². The highest BCUT2D eigenvalue weighted by Gasteiger charge is 2.47. The van der Waals surface area contributed by atoms with Crippen molar-refractivity contribution in [1.29, 1.82) is 0 Å². The third-order valence-electron chi connectivity index (χ3n) is 8.92. The molecule has 258 valence electrons. The summed E-state index contributed by atoms with van der Waals surface area (Å²) in [5, 5.41) is 3.26. The van der Waals surface area contributed by atoms with Crippen molar-refractivity contribution in [2.75, 3.05) is 30.0 Å². The fourth-order valence-corrected chi connectivity index (χ4v) is 7.53. The number of carbonyl (C=O) groups excluding carboxylic acids is 1. The van der Waals surface area contributed by atoms with Crippen LogP contribution in [0.1, 0.15) is 106 Å². The first-order valence-electron chi connectivity index (χ1n) is 16.8. The summed E-state index contributed by atoms with van der Waals surface area (Å²) in [6.07, 6.45) is 8.10. The van der Waals surface area contributed by atoms with E-state index in [1.807, 2.05) is 45.6 Å². The maximum absolute atomic E-state index is 15.8. The Hall–Kier alpha value is -2.92. The summed E-state index contributed by atoms with van der Waals surface area (Å²) < 4.78 is 33.8. The number of amides is 1. The van der Waals surface area contributed by atoms with Gasteiger partial charge in [0.2, 0.25) is 0 Å². The summed E-state index contributed by atoms with van der Waals surface area (Å²) >= 11 is 9.89. The smallest absolute Gasteiger partial charge is 0.413 e. The monoisotopic (exact) mass is 735 g/mol. The molecule has 0 saturated heterocycles. The lowest BCUT2D eigenvalue weighted by Gasteiger charge is -2.31. The minimum absolute atomic E-state index is 0.0653. The molecule has 2 aromatic heterocycles. The van der Waals surface area contributed by atoms with E-state index in [9.17, 15) is 4.79 Å². The fraction of sp³-hybridized carbons (Fsp3) is 0.600. The molecule has 0 spiro atoms. The Bertz CT molecular complexity index is 1560. The predicted octanol–water partition coefficient (Wildman–Crippen LogP) is 10.3. The van der Waals surface area contributed by atoms with Crippen LogP contribution >= 0.6 is 27.5 Å². The lowest BCUT2D eigenvalue weighted by Crippen LogP contribution is -2.33. The number of hydrogen-bond donors (Lipinski definition) is 1. The number of hydrogen-bond acceptors (Lipinski definition) is 8. The highest BCUT2D eigenvalue weighted by molar-refractivity contribution is 9.10. The molecule has 6 rings (SSSR count). The average molecular weight is 737 g/mol. The molecule has 1 amide bonds. The number of carbonyl (C=O) groups is 1. The van der Waals surface area contributed by atoms with Gasteiger partial charge in [-0.3, -0.25) is 5.32 Å². The molecule has 1 atom stereocenters. The number of benzene rings is 1. The molecule has 9 nitrogen and oxygen atoms in total. The summed E-state index contributed by atoms with van der Waals surface area (Å²) in [7, 11) is 0. The number of ether oxygens (including phenoxy) is 3. The molecule has 2 saturated carbocycles. The third-order valence-corrected chi connectivity index (χ3v) is 10.3. The molecule has 1 N–H and O–H groups in total. The molecular weight excluding hydrogens is 689 g/mol. The van der Waals surface area contributed by atoms with Crippen LogP contribution in [-0.2, 0) is 4.74 Å². The van der Waals surface area contributed by atoms with Crippen LogP contribution in [0.25, 0.3) is 10.9 Å². The molecule has 3 aliphatic rings. The van der Waals surface area contributed by atoms with Gasteiger partial charge in [-0.25, -0.2) is 14.2 Å². The number of fused-ring (bicyclic) bond motifs is 1. The van der Waals surface area contributed by atoms with E-state index >= 15 is 4.39 Å². The van der Waals surface area contributed by atoms with Gasteiger partial charge in [-0.15, -0.1) is 0 Å². The number of halogens is 3. The molecule has 3 aromatic rings. The zero-order valence-corrected chi connectivity index (χ0v) is 31.1. The number of pyridine rings is 1. The van der Waals surface area contributed by atoms with Gasteiger partial charge in [0.05, 0.1) is 29.1 Å². The molecule has 2 aliphatic carbocycles. The SMILES string of the molecule is CC.CC.C[C@H](c1cccnc1NC(=O)OC(C)(C)C)N1CCOc2c(Cl)c(Br)c(F)c3nc(OCC45CCCC4CCC5)nc1c23. The summed E-state index contributed by atoms with van der Waals surface area (Å²) in [6, 6.07) is 3.41. The summed E-state index contributed by atoms with van der Waals surface area (Å²) in [5.74, 6) is 1.14. The van der Waals surface area contributed by atoms with Gasteiger partial charge in [0.15, 0.2) is 11.6 Å². The first-order valence-corrected chi connectivity index (χ1v) is 18.0. The second-order valence-electron chi connectivity index (χ2n) is 12.7. The van der Waals surface area contributed by atoms with Gasteiger partial charge in [0, 0.05) is 17.2 Å². The van der Waals surface area contributed by atoms with Crippen LogP contribution in [0.2, 0.25) is 5.02 Å². The summed E-state index contributed by atoms with van der Waals surface area (Å²) in [4.78, 5) is 28.5. The van der Waals surface area contributed by atoms with Crippen molar-refractivity contribution in [2.24, 2.45) is 11.3 Å². The fourth-order valence-electron chi connectivity index (χ4n) is 6.93. The number of rotatable bonds is 6. The summed E-state index contributed by atoms with van der Waals surface area (Å²) in [5.41, 5.74) is 0.238. The second kappa shape index (κ2) is 15.5. The average Bonchev–Trinajstić information content (AvgIpc) is 3.58. The van der Waals surface area contributed by atoms with E-state index in [0.29, 0.717) is 47.4 Å². The topological polar surface area (TPSA) is 98.7 Å². The minimum atomic E-state index is -0.673. The summed E-state index contributed by atoms with van der Waals surface area (Å²) in [6.45, 7) is 16.5. The van der Waals surface area contributed by atoms with Crippen molar-refractivity contribution in [2.45, 2.75) is 106 Å². The van der Waals surface area contributed by atoms with Gasteiger partial charge in [0.1, 0.15) is 34.4 Å². The van der Waals surface area contributed by atoms with Crippen molar-refractivity contribution in [3.05, 3.63) is 39.2 Å². The van der Waals surface area contributed by atoms with Gasteiger partial charge in [-0.2, -0.15) is 9.97 Å². The molecule has 12 heteroatoms. The van der Waals surface area contributed by atoms with Crippen LogP contribution in [0.4, 0.5) is 20.8 Å². The Morgan fingerprint density at radius 3 is 2.55 bits per heavy atom. The largest absolute Gasteiger partial charge is 0.489 e. The standard InChI is InChI=1S/C31H36BrClFN5O4.2C2H6/c1-17(19-10-7-13-35-26(19)37-29(40)43-30(2,3)4)39-14-15-41-25-20-24(23(34)21(32)22(25)33)36-28(38-27(20)39)42-16-31-11-5-8-18(31)9-6-12-31;2*1-2/h7,10,13,17-18H,5-6,8-9,11-12,14-16H2,1-4H3,(H,35,37,40);2*1-2H3/t17-,18?,31?;;/m1../s1. The van der Waals surface area contributed by atoms with Crippen LogP contribution in [0.5, 0.6) is 11.8 Å². The molecule has 1 aliphatic heterocycles. The van der Waals surface area contributed by atoms with E-state index in [-0.39, 0.29) is 39.1 Å². The normalized spacial score (nSPS) is 20.5. The van der Waals surface area contributed by atoms with E-state index in [2.05, 4.69) is 31.2 Å². The number of nitrogens with one attached hydrogen (secondary N) is 1. The number of anilines is 2. The number of aromatic nitrogens is 3. The van der Waals surface area contributed by atoms with Crippen molar-refractivity contribution >= 4 is 56.2 Å². The molecule has 1 aromatic carbocycles. The highest BCUT2D eigenvalue weighted by Crippen LogP contribution is 2.54. The molecule has 47 heavy (non-hydrogen) atoms. The number of nitrogens with zero attached hydrogens (tertiary/aromatic N) is 4. The Labute approximate surface area is 291 Å². The predicted molar refractivity (Wildman–Crippen MR) is 189 cm³/mol. The van der Waals surface area contributed by atoms with Crippen molar-refractivity contribution in [3.8, 4) is 11.8 Å². The van der Waals surface area contributed by atoms with Gasteiger partial charge in [-0.1, -0.05) is 58.2 Å². The molecule has 0 unspecified atom stereocenters. The van der Waals surface area contributed by atoms with Crippen molar-refractivity contribution in [3.63, 3.8) is 0 Å². The Balaban J connectivity index is 0.00000120. The maximum Gasteiger partial charge on any atom is 0.413 e. The minimum Gasteiger partial charge on any atom is -0.489 e. The van der Waals surface area contributed by atoms with Gasteiger partial charge in [-0.05, 0) is 81.3 Å². The molecule has 2 fully saturated rings. The van der Waals surface area contributed by atoms with E-state index in [4.69, 9.17) is 30.8 Å². The van der Waals surface area contributed by atoms with E-state index in [0.717, 1.165) is 12.8 Å². The Kier molecular flexibility index (Phi) is 12.2. The van der Waals surface area contributed by atoms with Gasteiger partial charge in [0.25, 0.3) is 0 Å². The molecule has 0 bridgehead atoms. The van der Waals surface area contributed by atoms with E-state index < -0.39 is 17.5 Å². The molecule has 3 heterocycles. The first kappa shape index (κ1) is 36.9. The Morgan fingerprint density at radius 1 is 1.21 bits per heavy atom. The highest BCUT2D eigenvalue weighted by atomic mass is 79.9. The zero-order valence-electron chi connectivity index (χ0n) is 28.8. The van der Waals surface area contributed by atoms with E-state index in [1.165, 1.54) is 25.7 Å².